The number of nitrogens with zero attached hydrogens (tertiary/aromatic N) is 1. The molecule has 1 unspecified atom stereocenters. The molecule has 0 aliphatic carbocycles. The second-order valence-electron chi connectivity index (χ2n) is 4.98. The zero-order chi connectivity index (χ0) is 15.0. The summed E-state index contributed by atoms with van der Waals surface area (Å²) in [4.78, 5) is 12.8. The molecule has 1 saturated heterocycles. The molecule has 5 nitrogen and oxygen atoms in total. The summed E-state index contributed by atoms with van der Waals surface area (Å²) < 4.78 is 41.5. The summed E-state index contributed by atoms with van der Waals surface area (Å²) >= 11 is 0. The highest BCUT2D eigenvalue weighted by atomic mass is 35.5. The van der Waals surface area contributed by atoms with Crippen LogP contribution in [0.4, 0.5) is 13.2 Å². The van der Waals surface area contributed by atoms with E-state index in [1.807, 2.05) is 0 Å². The van der Waals surface area contributed by atoms with E-state index in [0.717, 1.165) is 0 Å². The van der Waals surface area contributed by atoms with Gasteiger partial charge in [-0.05, 0) is 18.9 Å². The van der Waals surface area contributed by atoms with E-state index < -0.39 is 12.7 Å². The Morgan fingerprint density at radius 2 is 2.05 bits per heavy atom. The first-order chi connectivity index (χ1) is 9.40. The van der Waals surface area contributed by atoms with E-state index in [1.165, 1.54) is 4.90 Å². The molecule has 2 N–H and O–H groups in total. The van der Waals surface area contributed by atoms with E-state index in [1.54, 1.807) is 7.11 Å². The number of alkyl halides is 3. The number of nitrogens with one attached hydrogen (secondary N) is 2. The third kappa shape index (κ3) is 11.3. The largest absolute Gasteiger partial charge is 0.401 e. The van der Waals surface area contributed by atoms with Gasteiger partial charge in [0.1, 0.15) is 0 Å². The van der Waals surface area contributed by atoms with Crippen molar-refractivity contribution in [3.05, 3.63) is 0 Å². The fourth-order valence-corrected chi connectivity index (χ4v) is 2.17. The Hall–Kier alpha value is -0.280. The van der Waals surface area contributed by atoms with Crippen molar-refractivity contribution in [3.63, 3.8) is 0 Å². The van der Waals surface area contributed by atoms with Gasteiger partial charge in [0.2, 0.25) is 5.91 Å². The molecule has 0 saturated carbocycles. The number of carbonyl (C=O) groups excluding carboxylic acids is 1. The number of methoxy groups -OCH3 is 1. The highest BCUT2D eigenvalue weighted by Gasteiger charge is 2.34. The maximum absolute atomic E-state index is 12.2. The molecule has 0 aromatic rings. The van der Waals surface area contributed by atoms with Crippen molar-refractivity contribution in [3.8, 4) is 0 Å². The number of halogens is 5. The van der Waals surface area contributed by atoms with Crippen molar-refractivity contribution in [2.45, 2.75) is 12.6 Å². The zero-order valence-corrected chi connectivity index (χ0v) is 14.1. The van der Waals surface area contributed by atoms with Crippen LogP contribution in [-0.4, -0.2) is 70.0 Å². The first-order valence-corrected chi connectivity index (χ1v) is 6.66. The Bertz CT molecular complexity index is 310. The van der Waals surface area contributed by atoms with Crippen LogP contribution >= 0.6 is 24.8 Å². The molecule has 1 fully saturated rings. The van der Waals surface area contributed by atoms with Crippen LogP contribution in [0.25, 0.3) is 0 Å². The molecule has 22 heavy (non-hydrogen) atoms. The van der Waals surface area contributed by atoms with Crippen LogP contribution in [0.2, 0.25) is 0 Å². The van der Waals surface area contributed by atoms with Crippen molar-refractivity contribution in [2.24, 2.45) is 5.92 Å². The molecule has 0 aromatic carbocycles. The molecule has 1 heterocycles. The van der Waals surface area contributed by atoms with Gasteiger partial charge in [-0.2, -0.15) is 13.2 Å². The lowest BCUT2D eigenvalue weighted by Gasteiger charge is -2.18. The zero-order valence-electron chi connectivity index (χ0n) is 12.4. The normalized spacial score (nSPS) is 18.5. The SMILES string of the molecule is COCCNCC(=O)NCC1CCN(CC(F)(F)F)C1.Cl.Cl. The summed E-state index contributed by atoms with van der Waals surface area (Å²) in [5.74, 6) is -0.0457. The average molecular weight is 370 g/mol. The van der Waals surface area contributed by atoms with Crippen LogP contribution in [0.15, 0.2) is 0 Å². The van der Waals surface area contributed by atoms with Gasteiger partial charge in [-0.3, -0.25) is 9.69 Å². The minimum atomic E-state index is -4.15. The first kappa shape index (κ1) is 24.0. The number of carbonyl (C=O) groups is 1. The highest BCUT2D eigenvalue weighted by Crippen LogP contribution is 2.22. The lowest BCUT2D eigenvalue weighted by Crippen LogP contribution is -2.38. The van der Waals surface area contributed by atoms with Crippen molar-refractivity contribution < 1.29 is 22.7 Å². The molecule has 1 aliphatic heterocycles. The van der Waals surface area contributed by atoms with Crippen LogP contribution in [0.3, 0.4) is 0 Å². The van der Waals surface area contributed by atoms with Crippen molar-refractivity contribution in [1.82, 2.24) is 15.5 Å². The molecule has 0 aromatic heterocycles. The number of amides is 1. The lowest BCUT2D eigenvalue weighted by molar-refractivity contribution is -0.143. The van der Waals surface area contributed by atoms with Crippen molar-refractivity contribution >= 4 is 30.7 Å². The maximum Gasteiger partial charge on any atom is 0.401 e. The molecular weight excluding hydrogens is 346 g/mol. The fraction of sp³-hybridized carbons (Fsp3) is 0.917. The van der Waals surface area contributed by atoms with Gasteiger partial charge >= 0.3 is 6.18 Å². The second-order valence-corrected chi connectivity index (χ2v) is 4.98. The Kier molecular flexibility index (Phi) is 13.3. The number of hydrogen-bond donors (Lipinski definition) is 2. The molecule has 0 radical (unpaired) electrons. The summed E-state index contributed by atoms with van der Waals surface area (Å²) in [6.45, 7) is 1.70. The van der Waals surface area contributed by atoms with Crippen LogP contribution in [0, 0.1) is 5.92 Å². The van der Waals surface area contributed by atoms with Crippen molar-refractivity contribution in [2.75, 3.05) is 53.0 Å². The van der Waals surface area contributed by atoms with E-state index in [-0.39, 0.29) is 43.2 Å². The van der Waals surface area contributed by atoms with E-state index >= 15 is 0 Å². The van der Waals surface area contributed by atoms with Crippen LogP contribution in [0.5, 0.6) is 0 Å². The van der Waals surface area contributed by atoms with Crippen LogP contribution in [-0.2, 0) is 9.53 Å². The monoisotopic (exact) mass is 369 g/mol. The second kappa shape index (κ2) is 12.2. The number of likely N-dealkylation sites (tertiary alicyclic amines) is 1. The average Bonchev–Trinajstić information content (AvgIpc) is 2.77. The quantitative estimate of drug-likeness (QED) is 0.628. The van der Waals surface area contributed by atoms with Gasteiger partial charge < -0.3 is 15.4 Å². The molecule has 134 valence electrons. The van der Waals surface area contributed by atoms with Gasteiger partial charge in [0.15, 0.2) is 0 Å². The standard InChI is InChI=1S/C12H22F3N3O2.2ClH/c1-20-5-3-16-7-11(19)17-6-10-2-4-18(8-10)9-12(13,14)15;;/h10,16H,2-9H2,1H3,(H,17,19);2*1H. The molecule has 1 atom stereocenters. The molecule has 1 amide bonds. The Balaban J connectivity index is 0. The van der Waals surface area contributed by atoms with Gasteiger partial charge in [0.25, 0.3) is 0 Å². The summed E-state index contributed by atoms with van der Waals surface area (Å²) in [5.41, 5.74) is 0. The number of rotatable bonds is 8. The smallest absolute Gasteiger partial charge is 0.383 e. The minimum Gasteiger partial charge on any atom is -0.383 e. The number of hydrogen-bond acceptors (Lipinski definition) is 4. The fourth-order valence-electron chi connectivity index (χ4n) is 2.17. The van der Waals surface area contributed by atoms with Gasteiger partial charge in [-0.1, -0.05) is 0 Å². The lowest BCUT2D eigenvalue weighted by atomic mass is 10.1. The Morgan fingerprint density at radius 1 is 1.36 bits per heavy atom. The predicted molar refractivity (Wildman–Crippen MR) is 82.9 cm³/mol. The van der Waals surface area contributed by atoms with E-state index in [4.69, 9.17) is 4.74 Å². The van der Waals surface area contributed by atoms with Crippen LogP contribution < -0.4 is 10.6 Å². The molecular formula is C12H24Cl2F3N3O2. The van der Waals surface area contributed by atoms with Gasteiger partial charge in [-0.15, -0.1) is 24.8 Å². The van der Waals surface area contributed by atoms with Gasteiger partial charge in [-0.25, -0.2) is 0 Å². The summed E-state index contributed by atoms with van der Waals surface area (Å²) in [7, 11) is 1.58. The topological polar surface area (TPSA) is 53.6 Å². The van der Waals surface area contributed by atoms with Gasteiger partial charge in [0, 0.05) is 26.7 Å². The Labute approximate surface area is 141 Å². The highest BCUT2D eigenvalue weighted by molar-refractivity contribution is 5.85. The summed E-state index contributed by atoms with van der Waals surface area (Å²) in [6.07, 6.45) is -3.46. The third-order valence-electron chi connectivity index (χ3n) is 3.13. The maximum atomic E-state index is 12.2. The first-order valence-electron chi connectivity index (χ1n) is 6.66. The van der Waals surface area contributed by atoms with Gasteiger partial charge in [0.05, 0.1) is 19.7 Å². The number of ether oxygens (including phenoxy) is 1. The minimum absolute atomic E-state index is 0. The molecule has 1 aliphatic rings. The molecule has 10 heteroatoms. The molecule has 1 rings (SSSR count). The predicted octanol–water partition coefficient (Wildman–Crippen LogP) is 1.07. The van der Waals surface area contributed by atoms with Crippen molar-refractivity contribution in [1.29, 1.82) is 0 Å². The van der Waals surface area contributed by atoms with E-state index in [2.05, 4.69) is 10.6 Å². The van der Waals surface area contributed by atoms with Crippen LogP contribution in [0.1, 0.15) is 6.42 Å². The molecule has 0 spiro atoms. The van der Waals surface area contributed by atoms with E-state index in [9.17, 15) is 18.0 Å². The molecule has 0 bridgehead atoms. The van der Waals surface area contributed by atoms with E-state index in [0.29, 0.717) is 39.2 Å². The summed E-state index contributed by atoms with van der Waals surface area (Å²) in [6, 6.07) is 0. The Morgan fingerprint density at radius 3 is 2.64 bits per heavy atom. The third-order valence-corrected chi connectivity index (χ3v) is 3.13. The summed E-state index contributed by atoms with van der Waals surface area (Å²) in [5, 5.41) is 5.64.